The van der Waals surface area contributed by atoms with Crippen molar-refractivity contribution in [3.63, 3.8) is 0 Å². The van der Waals surface area contributed by atoms with Crippen LogP contribution < -0.4 is 9.47 Å². The van der Waals surface area contributed by atoms with E-state index in [0.29, 0.717) is 42.9 Å². The van der Waals surface area contributed by atoms with Crippen molar-refractivity contribution in [2.45, 2.75) is 26.3 Å². The van der Waals surface area contributed by atoms with Crippen LogP contribution in [-0.4, -0.2) is 55.9 Å². The highest BCUT2D eigenvalue weighted by Gasteiger charge is 2.18. The van der Waals surface area contributed by atoms with Crippen molar-refractivity contribution in [1.29, 1.82) is 0 Å². The van der Waals surface area contributed by atoms with Crippen LogP contribution in [0.2, 0.25) is 0 Å². The summed E-state index contributed by atoms with van der Waals surface area (Å²) in [5.41, 5.74) is 6.82. The SMILES string of the molecule is C(#Cc1ccc(-c2nncn2Cc2ncnc(OCc3ccccc3)c2OCc2ccccc2)cc1)c1ccc(CN2CCOCC2)cc1. The van der Waals surface area contributed by atoms with E-state index in [4.69, 9.17) is 14.2 Å². The quantitative estimate of drug-likeness (QED) is 0.154. The molecule has 9 nitrogen and oxygen atoms in total. The van der Waals surface area contributed by atoms with Gasteiger partial charge in [0.2, 0.25) is 5.75 Å². The van der Waals surface area contributed by atoms with Crippen LogP contribution in [0.25, 0.3) is 11.4 Å². The van der Waals surface area contributed by atoms with Crippen molar-refractivity contribution in [2.24, 2.45) is 0 Å². The number of rotatable bonds is 11. The lowest BCUT2D eigenvalue weighted by Gasteiger charge is -2.26. The van der Waals surface area contributed by atoms with Gasteiger partial charge in [-0.3, -0.25) is 4.90 Å². The average molecular weight is 649 g/mol. The van der Waals surface area contributed by atoms with Crippen molar-refractivity contribution >= 4 is 0 Å². The standard InChI is InChI=1S/C40H36N6O3/c1-3-7-34(8-4-1)27-48-38-37(41-29-42-40(38)49-28-35-9-5-2-6-10-35)26-46-30-43-44-39(46)36-19-17-32(18-20-36)12-11-31-13-15-33(16-14-31)25-45-21-23-47-24-22-45/h1-10,13-20,29-30H,21-28H2. The lowest BCUT2D eigenvalue weighted by Crippen LogP contribution is -2.35. The molecule has 49 heavy (non-hydrogen) atoms. The summed E-state index contributed by atoms with van der Waals surface area (Å²) in [6, 6.07) is 36.5. The molecule has 3 heterocycles. The first-order valence-electron chi connectivity index (χ1n) is 16.3. The summed E-state index contributed by atoms with van der Waals surface area (Å²) in [4.78, 5) is 11.5. The lowest BCUT2D eigenvalue weighted by molar-refractivity contribution is 0.0342. The van der Waals surface area contributed by atoms with Gasteiger partial charge in [-0.1, -0.05) is 84.6 Å². The van der Waals surface area contributed by atoms with Gasteiger partial charge in [-0.25, -0.2) is 4.98 Å². The molecule has 0 spiro atoms. The monoisotopic (exact) mass is 648 g/mol. The van der Waals surface area contributed by atoms with Crippen LogP contribution in [0.1, 0.15) is 33.5 Å². The van der Waals surface area contributed by atoms with Gasteiger partial charge in [0.15, 0.2) is 5.82 Å². The third-order valence-corrected chi connectivity index (χ3v) is 8.18. The van der Waals surface area contributed by atoms with Gasteiger partial charge in [0.05, 0.1) is 19.8 Å². The van der Waals surface area contributed by atoms with Crippen molar-refractivity contribution in [3.8, 4) is 34.9 Å². The Morgan fingerprint density at radius 1 is 0.653 bits per heavy atom. The van der Waals surface area contributed by atoms with Gasteiger partial charge in [0.1, 0.15) is 31.6 Å². The molecule has 0 amide bonds. The summed E-state index contributed by atoms with van der Waals surface area (Å²) in [6.07, 6.45) is 3.19. The molecule has 0 N–H and O–H groups in total. The Morgan fingerprint density at radius 3 is 1.96 bits per heavy atom. The summed E-state index contributed by atoms with van der Waals surface area (Å²) in [5, 5.41) is 8.65. The molecule has 0 radical (unpaired) electrons. The molecule has 1 aliphatic rings. The predicted molar refractivity (Wildman–Crippen MR) is 187 cm³/mol. The van der Waals surface area contributed by atoms with Crippen LogP contribution in [0.4, 0.5) is 0 Å². The van der Waals surface area contributed by atoms with Crippen molar-refractivity contribution in [1.82, 2.24) is 29.6 Å². The first-order valence-corrected chi connectivity index (χ1v) is 16.3. The van der Waals surface area contributed by atoms with Crippen LogP contribution in [0.5, 0.6) is 11.6 Å². The number of hydrogen-bond donors (Lipinski definition) is 0. The van der Waals surface area contributed by atoms with Crippen LogP contribution in [-0.2, 0) is 31.0 Å². The van der Waals surface area contributed by atoms with Gasteiger partial charge in [-0.15, -0.1) is 10.2 Å². The minimum Gasteiger partial charge on any atom is -0.482 e. The third kappa shape index (κ3) is 8.56. The molecule has 9 heteroatoms. The van der Waals surface area contributed by atoms with Crippen molar-refractivity contribution in [2.75, 3.05) is 26.3 Å². The fourth-order valence-electron chi connectivity index (χ4n) is 5.52. The maximum Gasteiger partial charge on any atom is 0.260 e. The molecule has 1 aliphatic heterocycles. The van der Waals surface area contributed by atoms with E-state index in [9.17, 15) is 0 Å². The van der Waals surface area contributed by atoms with Crippen LogP contribution in [0, 0.1) is 11.8 Å². The first-order chi connectivity index (χ1) is 24.3. The Balaban J connectivity index is 1.05. The van der Waals surface area contributed by atoms with Gasteiger partial charge < -0.3 is 18.8 Å². The molecule has 244 valence electrons. The van der Waals surface area contributed by atoms with Crippen LogP contribution >= 0.6 is 0 Å². The highest BCUT2D eigenvalue weighted by Crippen LogP contribution is 2.31. The van der Waals surface area contributed by atoms with E-state index in [1.807, 2.05) is 89.5 Å². The van der Waals surface area contributed by atoms with E-state index >= 15 is 0 Å². The Hall–Kier alpha value is -5.82. The van der Waals surface area contributed by atoms with Crippen LogP contribution in [0.3, 0.4) is 0 Å². The Bertz CT molecular complexity index is 2000. The molecule has 7 rings (SSSR count). The lowest BCUT2D eigenvalue weighted by atomic mass is 10.1. The van der Waals surface area contributed by atoms with Gasteiger partial charge in [0, 0.05) is 36.3 Å². The number of ether oxygens (including phenoxy) is 3. The minimum atomic E-state index is 0.346. The number of nitrogens with zero attached hydrogens (tertiary/aromatic N) is 6. The highest BCUT2D eigenvalue weighted by atomic mass is 16.5. The maximum atomic E-state index is 6.33. The summed E-state index contributed by atoms with van der Waals surface area (Å²) in [7, 11) is 0. The average Bonchev–Trinajstić information content (AvgIpc) is 3.63. The number of aromatic nitrogens is 5. The van der Waals surface area contributed by atoms with E-state index in [-0.39, 0.29) is 0 Å². The molecule has 1 saturated heterocycles. The first kappa shape index (κ1) is 31.8. The molecule has 2 aromatic heterocycles. The highest BCUT2D eigenvalue weighted by molar-refractivity contribution is 5.58. The molecule has 0 bridgehead atoms. The summed E-state index contributed by atoms with van der Waals surface area (Å²) in [5.74, 6) is 8.15. The molecular weight excluding hydrogens is 612 g/mol. The summed E-state index contributed by atoms with van der Waals surface area (Å²) < 4.78 is 19.9. The van der Waals surface area contributed by atoms with Crippen LogP contribution in [0.15, 0.2) is 122 Å². The zero-order valence-electron chi connectivity index (χ0n) is 27.1. The predicted octanol–water partition coefficient (Wildman–Crippen LogP) is 6.17. The van der Waals surface area contributed by atoms with Gasteiger partial charge in [-0.05, 0) is 53.1 Å². The maximum absolute atomic E-state index is 6.33. The normalized spacial score (nSPS) is 13.0. The number of hydrogen-bond acceptors (Lipinski definition) is 8. The fraction of sp³-hybridized carbons (Fsp3) is 0.200. The van der Waals surface area contributed by atoms with E-state index in [1.54, 1.807) is 6.33 Å². The van der Waals surface area contributed by atoms with E-state index in [1.165, 1.54) is 11.9 Å². The smallest absolute Gasteiger partial charge is 0.260 e. The second-order valence-corrected chi connectivity index (χ2v) is 11.7. The Labute approximate surface area is 286 Å². The van der Waals surface area contributed by atoms with Crippen molar-refractivity contribution in [3.05, 3.63) is 155 Å². The third-order valence-electron chi connectivity index (χ3n) is 8.18. The minimum absolute atomic E-state index is 0.346. The number of morpholine rings is 1. The van der Waals surface area contributed by atoms with E-state index in [2.05, 4.69) is 61.2 Å². The van der Waals surface area contributed by atoms with Gasteiger partial charge >= 0.3 is 0 Å². The van der Waals surface area contributed by atoms with E-state index in [0.717, 1.165) is 60.7 Å². The number of benzene rings is 4. The molecule has 0 saturated carbocycles. The molecule has 1 fully saturated rings. The van der Waals surface area contributed by atoms with Crippen molar-refractivity contribution < 1.29 is 14.2 Å². The Morgan fingerprint density at radius 2 is 1.29 bits per heavy atom. The molecule has 0 unspecified atom stereocenters. The van der Waals surface area contributed by atoms with Gasteiger partial charge in [0.25, 0.3) is 5.88 Å². The zero-order chi connectivity index (χ0) is 33.1. The largest absolute Gasteiger partial charge is 0.482 e. The molecular formula is C40H36N6O3. The van der Waals surface area contributed by atoms with E-state index < -0.39 is 0 Å². The zero-order valence-corrected chi connectivity index (χ0v) is 27.1. The fourth-order valence-corrected chi connectivity index (χ4v) is 5.52. The molecule has 6 aromatic rings. The second-order valence-electron chi connectivity index (χ2n) is 11.7. The topological polar surface area (TPSA) is 87.4 Å². The van der Waals surface area contributed by atoms with Gasteiger partial charge in [-0.2, -0.15) is 4.98 Å². The second kappa shape index (κ2) is 15.8. The summed E-state index contributed by atoms with van der Waals surface area (Å²) >= 11 is 0. The molecule has 0 aliphatic carbocycles. The molecule has 4 aromatic carbocycles. The molecule has 0 atom stereocenters. The Kier molecular flexibility index (Phi) is 10.3. The summed E-state index contributed by atoms with van der Waals surface area (Å²) in [6.45, 7) is 5.56.